The van der Waals surface area contributed by atoms with Gasteiger partial charge in [-0.25, -0.2) is 13.9 Å². The Morgan fingerprint density at radius 2 is 1.90 bits per heavy atom. The van der Waals surface area contributed by atoms with Gasteiger partial charge in [-0.15, -0.1) is 5.10 Å². The molecule has 0 spiro atoms. The first kappa shape index (κ1) is 28.8. The molecule has 0 radical (unpaired) electrons. The van der Waals surface area contributed by atoms with Crippen molar-refractivity contribution >= 4 is 29.1 Å². The second kappa shape index (κ2) is 11.7. The van der Waals surface area contributed by atoms with Gasteiger partial charge in [-0.2, -0.15) is 9.49 Å². The van der Waals surface area contributed by atoms with E-state index in [9.17, 15) is 23.2 Å². The molecule has 3 aromatic heterocycles. The predicted octanol–water partition coefficient (Wildman–Crippen LogP) is 4.29. The monoisotopic (exact) mass is 595 g/mol. The van der Waals surface area contributed by atoms with Gasteiger partial charge in [0.1, 0.15) is 28.7 Å². The molecule has 0 bridgehead atoms. The quantitative estimate of drug-likeness (QED) is 0.283. The van der Waals surface area contributed by atoms with Gasteiger partial charge in [0.2, 0.25) is 12.3 Å². The number of nitrogens with one attached hydrogen (secondary N) is 3. The fourth-order valence-corrected chi connectivity index (χ4v) is 5.45. The average molecular weight is 596 g/mol. The number of carbonyl (C=O) groups is 2. The molecule has 220 valence electrons. The lowest BCUT2D eigenvalue weighted by molar-refractivity contribution is -0.119. The van der Waals surface area contributed by atoms with Crippen molar-refractivity contribution in [2.45, 2.75) is 70.4 Å². The molecule has 41 heavy (non-hydrogen) atoms. The summed E-state index contributed by atoms with van der Waals surface area (Å²) in [6.07, 6.45) is 2.16. The molecule has 11 nitrogen and oxygen atoms in total. The third-order valence-electron chi connectivity index (χ3n) is 7.50. The molecule has 0 aliphatic heterocycles. The van der Waals surface area contributed by atoms with E-state index in [1.165, 1.54) is 6.26 Å². The number of halogens is 4. The first-order chi connectivity index (χ1) is 19.5. The van der Waals surface area contributed by atoms with Gasteiger partial charge in [-0.1, -0.05) is 30.6 Å². The molecule has 2 amide bonds. The maximum absolute atomic E-state index is 15.0. The van der Waals surface area contributed by atoms with E-state index in [2.05, 4.69) is 31.1 Å². The van der Waals surface area contributed by atoms with Crippen LogP contribution in [-0.2, 0) is 4.79 Å². The summed E-state index contributed by atoms with van der Waals surface area (Å²) in [5, 5.41) is 18.4. The lowest BCUT2D eigenvalue weighted by Gasteiger charge is -2.27. The van der Waals surface area contributed by atoms with Crippen LogP contribution in [0.1, 0.15) is 79.5 Å². The average Bonchev–Trinajstić information content (AvgIpc) is 3.84. The van der Waals surface area contributed by atoms with E-state index in [0.717, 1.165) is 42.6 Å². The Morgan fingerprint density at radius 1 is 1.22 bits per heavy atom. The van der Waals surface area contributed by atoms with Crippen molar-refractivity contribution < 1.29 is 27.3 Å². The lowest BCUT2D eigenvalue weighted by Crippen LogP contribution is -2.50. The van der Waals surface area contributed by atoms with Gasteiger partial charge in [0.25, 0.3) is 17.4 Å². The molecule has 0 aromatic carbocycles. The Morgan fingerprint density at radius 3 is 2.51 bits per heavy atom. The molecular formula is C26H29ClF3N7O4. The molecule has 0 saturated heterocycles. The number of aromatic nitrogens is 5. The first-order valence-corrected chi connectivity index (χ1v) is 13.7. The van der Waals surface area contributed by atoms with Crippen molar-refractivity contribution in [1.82, 2.24) is 30.5 Å². The zero-order valence-electron chi connectivity index (χ0n) is 22.2. The van der Waals surface area contributed by atoms with Crippen molar-refractivity contribution in [3.8, 4) is 0 Å². The third kappa shape index (κ3) is 6.47. The van der Waals surface area contributed by atoms with Gasteiger partial charge >= 0.3 is 0 Å². The van der Waals surface area contributed by atoms with Crippen LogP contribution in [0.4, 0.5) is 18.9 Å². The Kier molecular flexibility index (Phi) is 8.20. The molecule has 2 aliphatic rings. The lowest BCUT2D eigenvalue weighted by atomic mass is 9.88. The molecule has 15 heteroatoms. The molecular weight excluding hydrogens is 567 g/mol. The van der Waals surface area contributed by atoms with Crippen molar-refractivity contribution in [3.05, 3.63) is 56.8 Å². The topological polar surface area (TPSA) is 148 Å². The number of nitrogens with zero attached hydrogens (tertiary/aromatic N) is 4. The van der Waals surface area contributed by atoms with Crippen LogP contribution in [0.25, 0.3) is 0 Å². The van der Waals surface area contributed by atoms with Crippen LogP contribution >= 0.6 is 11.6 Å². The van der Waals surface area contributed by atoms with E-state index in [-0.39, 0.29) is 45.6 Å². The summed E-state index contributed by atoms with van der Waals surface area (Å²) in [5.41, 5.74) is -0.732. The highest BCUT2D eigenvalue weighted by Gasteiger charge is 2.48. The number of aromatic amines is 1. The number of hydrogen-bond donors (Lipinski definition) is 3. The largest absolute Gasteiger partial charge is 0.364 e. The van der Waals surface area contributed by atoms with Crippen LogP contribution in [0.3, 0.4) is 0 Å². The summed E-state index contributed by atoms with van der Waals surface area (Å²) in [6, 6.07) is -1.30. The predicted molar refractivity (Wildman–Crippen MR) is 140 cm³/mol. The Labute approximate surface area is 237 Å². The van der Waals surface area contributed by atoms with Crippen molar-refractivity contribution in [2.24, 2.45) is 17.8 Å². The van der Waals surface area contributed by atoms with Crippen molar-refractivity contribution in [3.63, 3.8) is 0 Å². The van der Waals surface area contributed by atoms with E-state index in [0.29, 0.717) is 5.69 Å². The minimum Gasteiger partial charge on any atom is -0.364 e. The standard InChI is InChI=1S/C26H29ClF3N7O4/c1-11(2)21-15(10-41-36-21)24(38)32-22(20(12-3-4-12)13-5-6-13)26(40)31-16-9-37(35-23(16)30)17(8-19(28)29)14-7-18(27)33-34-25(14)39/h7,9-13,17,19-20,22H,3-6,8H2,1-2H3,(H,31,40)(H,32,38)(H,34,39)/t17-,22-/m0/s1. The number of carbonyl (C=O) groups excluding carboxylic acids is 2. The molecule has 2 fully saturated rings. The zero-order chi connectivity index (χ0) is 29.4. The van der Waals surface area contributed by atoms with Crippen LogP contribution in [0.15, 0.2) is 27.8 Å². The second-order valence-electron chi connectivity index (χ2n) is 10.9. The maximum atomic E-state index is 15.0. The number of amides is 2. The highest BCUT2D eigenvalue weighted by Crippen LogP contribution is 2.51. The van der Waals surface area contributed by atoms with Gasteiger partial charge in [-0.3, -0.25) is 19.1 Å². The van der Waals surface area contributed by atoms with Gasteiger partial charge in [0, 0.05) is 12.0 Å². The molecule has 2 atom stereocenters. The van der Waals surface area contributed by atoms with Crippen LogP contribution in [0.5, 0.6) is 0 Å². The second-order valence-corrected chi connectivity index (χ2v) is 11.3. The molecule has 2 aliphatic carbocycles. The van der Waals surface area contributed by atoms with E-state index >= 15 is 4.39 Å². The number of anilines is 1. The molecule has 2 saturated carbocycles. The summed E-state index contributed by atoms with van der Waals surface area (Å²) in [5.74, 6) is -2.15. The van der Waals surface area contributed by atoms with E-state index in [1.54, 1.807) is 0 Å². The Balaban J connectivity index is 1.42. The molecule has 3 N–H and O–H groups in total. The summed E-state index contributed by atoms with van der Waals surface area (Å²) in [7, 11) is 0. The fraction of sp³-hybridized carbons (Fsp3) is 0.538. The van der Waals surface area contributed by atoms with Crippen LogP contribution < -0.4 is 16.2 Å². The molecule has 0 unspecified atom stereocenters. The molecule has 3 heterocycles. The minimum absolute atomic E-state index is 0.104. The highest BCUT2D eigenvalue weighted by atomic mass is 35.5. The summed E-state index contributed by atoms with van der Waals surface area (Å²) in [6.45, 7) is 3.71. The fourth-order valence-electron chi connectivity index (χ4n) is 5.29. The summed E-state index contributed by atoms with van der Waals surface area (Å²) < 4.78 is 47.8. The molecule has 3 aromatic rings. The van der Waals surface area contributed by atoms with Crippen LogP contribution in [-0.4, -0.2) is 49.4 Å². The van der Waals surface area contributed by atoms with Gasteiger partial charge < -0.3 is 15.2 Å². The Hall–Kier alpha value is -3.68. The van der Waals surface area contributed by atoms with Crippen LogP contribution in [0.2, 0.25) is 5.15 Å². The minimum atomic E-state index is -2.87. The van der Waals surface area contributed by atoms with Crippen molar-refractivity contribution in [2.75, 3.05) is 5.32 Å². The SMILES string of the molecule is CC(C)c1nocc1C(=O)N[C@H](C(=O)Nc1cn([C@@H](CC(F)F)c2cc(Cl)n[nH]c2=O)nc1F)C(C1CC1)C1CC1. The van der Waals surface area contributed by atoms with Gasteiger partial charge in [-0.05, 0) is 55.4 Å². The molecule has 5 rings (SSSR count). The first-order valence-electron chi connectivity index (χ1n) is 13.4. The van der Waals surface area contributed by atoms with Gasteiger partial charge in [0.05, 0.1) is 17.9 Å². The number of hydrogen-bond acceptors (Lipinski definition) is 7. The normalized spacial score (nSPS) is 16.8. The van der Waals surface area contributed by atoms with E-state index in [1.807, 2.05) is 13.8 Å². The summed E-state index contributed by atoms with van der Waals surface area (Å²) >= 11 is 5.85. The smallest absolute Gasteiger partial charge is 0.269 e. The van der Waals surface area contributed by atoms with Crippen molar-refractivity contribution in [1.29, 1.82) is 0 Å². The highest BCUT2D eigenvalue weighted by molar-refractivity contribution is 6.29. The zero-order valence-corrected chi connectivity index (χ0v) is 23.0. The number of H-pyrrole nitrogens is 1. The Bertz CT molecular complexity index is 1470. The number of alkyl halides is 2. The third-order valence-corrected chi connectivity index (χ3v) is 7.69. The van der Waals surface area contributed by atoms with E-state index < -0.39 is 48.3 Å². The van der Waals surface area contributed by atoms with E-state index in [4.69, 9.17) is 16.1 Å². The van der Waals surface area contributed by atoms with Crippen LogP contribution in [0, 0.1) is 23.7 Å². The summed E-state index contributed by atoms with van der Waals surface area (Å²) in [4.78, 5) is 39.2. The maximum Gasteiger partial charge on any atom is 0.269 e. The number of rotatable bonds is 12. The van der Waals surface area contributed by atoms with Gasteiger partial charge in [0.15, 0.2) is 0 Å².